The van der Waals surface area contributed by atoms with E-state index in [1.54, 1.807) is 6.20 Å². The lowest BCUT2D eigenvalue weighted by atomic mass is 9.84. The highest BCUT2D eigenvalue weighted by Crippen LogP contribution is 2.53. The van der Waals surface area contributed by atoms with Crippen molar-refractivity contribution in [3.63, 3.8) is 0 Å². The van der Waals surface area contributed by atoms with Gasteiger partial charge >= 0.3 is 5.97 Å². The summed E-state index contributed by atoms with van der Waals surface area (Å²) in [5.74, 6) is -3.77. The van der Waals surface area contributed by atoms with E-state index in [1.165, 1.54) is 24.3 Å². The molecule has 0 saturated carbocycles. The second kappa shape index (κ2) is 9.86. The van der Waals surface area contributed by atoms with Gasteiger partial charge in [0.05, 0.1) is 23.6 Å². The summed E-state index contributed by atoms with van der Waals surface area (Å²) in [5, 5.41) is 0. The highest BCUT2D eigenvalue weighted by molar-refractivity contribution is 6.23. The molecule has 202 valence electrons. The summed E-state index contributed by atoms with van der Waals surface area (Å²) < 4.78 is 19.9. The molecule has 41 heavy (non-hydrogen) atoms. The zero-order chi connectivity index (χ0) is 28.1. The minimum Gasteiger partial charge on any atom is -0.451 e. The maximum absolute atomic E-state index is 14.2. The van der Waals surface area contributed by atoms with Crippen molar-refractivity contribution in [1.29, 1.82) is 0 Å². The first-order chi connectivity index (χ1) is 20.0. The molecule has 3 heterocycles. The monoisotopic (exact) mass is 544 g/mol. The van der Waals surface area contributed by atoms with Gasteiger partial charge in [0.2, 0.25) is 11.8 Å². The normalized spacial score (nSPS) is 22.5. The van der Waals surface area contributed by atoms with Gasteiger partial charge in [-0.25, -0.2) is 14.1 Å². The highest BCUT2D eigenvalue weighted by atomic mass is 19.1. The van der Waals surface area contributed by atoms with Crippen LogP contribution in [0.25, 0.3) is 6.08 Å². The lowest BCUT2D eigenvalue weighted by Crippen LogP contribution is -2.45. The third kappa shape index (κ3) is 4.04. The van der Waals surface area contributed by atoms with Crippen molar-refractivity contribution in [2.24, 2.45) is 11.8 Å². The number of carbonyl (C=O) groups excluding carboxylic acids is 3. The van der Waals surface area contributed by atoms with E-state index in [2.05, 4.69) is 0 Å². The Balaban J connectivity index is 1.31. The number of rotatable bonds is 5. The number of fused-ring (bicyclic) bond motifs is 5. The van der Waals surface area contributed by atoms with Crippen molar-refractivity contribution in [3.05, 3.63) is 143 Å². The first-order valence-corrected chi connectivity index (χ1v) is 13.5. The van der Waals surface area contributed by atoms with Crippen LogP contribution in [0.2, 0.25) is 0 Å². The molecule has 2 amide bonds. The average molecular weight is 545 g/mol. The van der Waals surface area contributed by atoms with Crippen molar-refractivity contribution < 1.29 is 23.5 Å². The van der Waals surface area contributed by atoms with Gasteiger partial charge in [-0.15, -0.1) is 0 Å². The molecule has 4 atom stereocenters. The van der Waals surface area contributed by atoms with Crippen LogP contribution in [0, 0.1) is 17.7 Å². The smallest absolute Gasteiger partial charge is 0.330 e. The second-order valence-corrected chi connectivity index (χ2v) is 10.5. The minimum absolute atomic E-state index is 0.278. The molecule has 3 aliphatic heterocycles. The Morgan fingerprint density at radius 2 is 1.32 bits per heavy atom. The zero-order valence-corrected chi connectivity index (χ0v) is 21.8. The summed E-state index contributed by atoms with van der Waals surface area (Å²) in [7, 11) is 0. The van der Waals surface area contributed by atoms with E-state index >= 15 is 0 Å². The van der Waals surface area contributed by atoms with Crippen LogP contribution in [0.5, 0.6) is 0 Å². The molecule has 0 aliphatic carbocycles. The summed E-state index contributed by atoms with van der Waals surface area (Å²) in [6.07, 6.45) is 2.98. The van der Waals surface area contributed by atoms with Crippen LogP contribution in [0.1, 0.15) is 34.4 Å². The number of nitrogens with zero attached hydrogens (tertiary/aromatic N) is 2. The van der Waals surface area contributed by atoms with E-state index in [-0.39, 0.29) is 5.69 Å². The van der Waals surface area contributed by atoms with E-state index in [9.17, 15) is 18.8 Å². The van der Waals surface area contributed by atoms with Crippen LogP contribution < -0.4 is 4.90 Å². The Morgan fingerprint density at radius 1 is 0.732 bits per heavy atom. The number of imide groups is 1. The van der Waals surface area contributed by atoms with E-state index in [1.807, 2.05) is 95.9 Å². The fraction of sp³-hybridized carbons (Fsp3) is 0.147. The molecule has 6 nitrogen and oxygen atoms in total. The molecular formula is C34H25FN2O4. The minimum atomic E-state index is -1.04. The number of anilines is 1. The maximum atomic E-state index is 14.2. The summed E-state index contributed by atoms with van der Waals surface area (Å²) >= 11 is 0. The lowest BCUT2D eigenvalue weighted by Gasteiger charge is -2.35. The molecule has 0 aromatic heterocycles. The second-order valence-electron chi connectivity index (χ2n) is 10.5. The van der Waals surface area contributed by atoms with Crippen LogP contribution in [0.4, 0.5) is 10.1 Å². The third-order valence-corrected chi connectivity index (χ3v) is 8.23. The Bertz CT molecular complexity index is 1630. The predicted octanol–water partition coefficient (Wildman–Crippen LogP) is 5.67. The topological polar surface area (TPSA) is 66.9 Å². The quantitative estimate of drug-likeness (QED) is 0.239. The molecular weight excluding hydrogens is 519 g/mol. The summed E-state index contributed by atoms with van der Waals surface area (Å²) in [5.41, 5.74) is 3.65. The van der Waals surface area contributed by atoms with Crippen molar-refractivity contribution in [2.75, 3.05) is 4.90 Å². The van der Waals surface area contributed by atoms with Crippen LogP contribution in [0.3, 0.4) is 0 Å². The molecule has 4 aromatic rings. The summed E-state index contributed by atoms with van der Waals surface area (Å²) in [6.45, 7) is 0. The zero-order valence-electron chi connectivity index (χ0n) is 21.8. The molecule has 2 fully saturated rings. The summed E-state index contributed by atoms with van der Waals surface area (Å²) in [6, 6.07) is 30.2. The molecule has 2 saturated heterocycles. The van der Waals surface area contributed by atoms with Gasteiger partial charge in [0.1, 0.15) is 11.9 Å². The van der Waals surface area contributed by atoms with Crippen LogP contribution in [0.15, 0.2) is 115 Å². The maximum Gasteiger partial charge on any atom is 0.330 e. The van der Waals surface area contributed by atoms with Gasteiger partial charge in [-0.2, -0.15) is 0 Å². The Kier molecular flexibility index (Phi) is 6.00. The lowest BCUT2D eigenvalue weighted by molar-refractivity contribution is -0.155. The fourth-order valence-corrected chi connectivity index (χ4v) is 6.44. The number of carbonyl (C=O) groups is 3. The molecule has 7 heteroatoms. The summed E-state index contributed by atoms with van der Waals surface area (Å²) in [4.78, 5) is 45.2. The van der Waals surface area contributed by atoms with Crippen molar-refractivity contribution in [2.45, 2.75) is 18.2 Å². The van der Waals surface area contributed by atoms with Crippen molar-refractivity contribution in [1.82, 2.24) is 4.90 Å². The number of benzene rings is 4. The third-order valence-electron chi connectivity index (χ3n) is 8.23. The van der Waals surface area contributed by atoms with Gasteiger partial charge in [-0.1, -0.05) is 84.9 Å². The standard InChI is InChI=1S/C34H25FN2O4/c35-24-15-17-25(18-16-24)37-32(38)27-28(33(37)39)30(36-20-19-21-9-7-8-14-26(21)29(27)36)34(40)41-31(22-10-3-1-4-11-22)23-12-5-2-6-13-23/h1-20,27-31H/t27-,28+,29+,30+/m0/s1. The van der Waals surface area contributed by atoms with Gasteiger partial charge < -0.3 is 9.64 Å². The Labute approximate surface area is 236 Å². The van der Waals surface area contributed by atoms with E-state index < -0.39 is 53.6 Å². The number of amides is 2. The largest absolute Gasteiger partial charge is 0.451 e. The fourth-order valence-electron chi connectivity index (χ4n) is 6.44. The molecule has 0 spiro atoms. The molecule has 4 aromatic carbocycles. The molecule has 7 rings (SSSR count). The van der Waals surface area contributed by atoms with Crippen molar-refractivity contribution >= 4 is 29.5 Å². The van der Waals surface area contributed by atoms with E-state index in [4.69, 9.17) is 4.74 Å². The molecule has 3 aliphatic rings. The van der Waals surface area contributed by atoms with Crippen LogP contribution in [-0.4, -0.2) is 28.7 Å². The number of hydrogen-bond acceptors (Lipinski definition) is 5. The SMILES string of the molecule is O=C(OC(c1ccccc1)c1ccccc1)[C@H]1[C@@H]2C(=O)N(c3ccc(F)cc3)C(=O)[C@@H]2[C@H]2c3ccccc3C=CN21. The number of esters is 1. The first-order valence-electron chi connectivity index (χ1n) is 13.5. The van der Waals surface area contributed by atoms with Crippen LogP contribution in [-0.2, 0) is 19.1 Å². The van der Waals surface area contributed by atoms with Gasteiger partial charge in [-0.05, 0) is 52.6 Å². The number of halogens is 1. The van der Waals surface area contributed by atoms with Gasteiger partial charge in [0.15, 0.2) is 6.10 Å². The predicted molar refractivity (Wildman–Crippen MR) is 151 cm³/mol. The molecule has 0 radical (unpaired) electrons. The Hall–Kier alpha value is -5.04. The molecule has 0 N–H and O–H groups in total. The van der Waals surface area contributed by atoms with Gasteiger partial charge in [0.25, 0.3) is 0 Å². The van der Waals surface area contributed by atoms with Crippen molar-refractivity contribution in [3.8, 4) is 0 Å². The van der Waals surface area contributed by atoms with E-state index in [0.717, 1.165) is 27.2 Å². The van der Waals surface area contributed by atoms with E-state index in [0.29, 0.717) is 0 Å². The molecule has 0 bridgehead atoms. The highest BCUT2D eigenvalue weighted by Gasteiger charge is 2.65. The average Bonchev–Trinajstić information content (AvgIpc) is 3.49. The van der Waals surface area contributed by atoms with Crippen LogP contribution >= 0.6 is 0 Å². The first kappa shape index (κ1) is 25.0. The number of ether oxygens (including phenoxy) is 1. The molecule has 0 unspecified atom stereocenters. The number of hydrogen-bond donors (Lipinski definition) is 0. The van der Waals surface area contributed by atoms with Gasteiger partial charge in [0, 0.05) is 6.20 Å². The van der Waals surface area contributed by atoms with Gasteiger partial charge in [-0.3, -0.25) is 9.59 Å². The Morgan fingerprint density at radius 3 is 1.98 bits per heavy atom.